The highest BCUT2D eigenvalue weighted by Crippen LogP contribution is 2.21. The minimum absolute atomic E-state index is 0.629. The number of nitrogens with zero attached hydrogens (tertiary/aromatic N) is 6. The van der Waals surface area contributed by atoms with E-state index in [-0.39, 0.29) is 0 Å². The van der Waals surface area contributed by atoms with Crippen molar-refractivity contribution in [2.75, 3.05) is 13.1 Å². The molecular weight excluding hydrogens is 324 g/mol. The molecule has 2 aliphatic heterocycles. The van der Waals surface area contributed by atoms with E-state index in [4.69, 9.17) is 0 Å². The van der Waals surface area contributed by atoms with E-state index in [1.54, 1.807) is 0 Å². The summed E-state index contributed by atoms with van der Waals surface area (Å²) in [6.45, 7) is 8.76. The normalized spacial score (nSPS) is 25.6. The minimum atomic E-state index is 0.629. The monoisotopic (exact) mass is 356 g/mol. The number of aromatic nitrogens is 4. The molecule has 0 N–H and O–H groups in total. The fourth-order valence-electron chi connectivity index (χ4n) is 4.42. The van der Waals surface area contributed by atoms with Crippen LogP contribution in [-0.4, -0.2) is 54.5 Å². The molecule has 0 unspecified atom stereocenters. The summed E-state index contributed by atoms with van der Waals surface area (Å²) in [5.41, 5.74) is 0. The van der Waals surface area contributed by atoms with Crippen molar-refractivity contribution in [2.24, 2.45) is 0 Å². The molecule has 0 aromatic carbocycles. The Bertz CT molecular complexity index is 650. The van der Waals surface area contributed by atoms with Gasteiger partial charge in [-0.25, -0.2) is 4.68 Å². The Morgan fingerprint density at radius 1 is 0.808 bits per heavy atom. The van der Waals surface area contributed by atoms with Crippen LogP contribution in [-0.2, 0) is 13.1 Å². The van der Waals surface area contributed by atoms with Gasteiger partial charge in [0.05, 0.1) is 13.1 Å². The molecule has 2 aromatic rings. The maximum absolute atomic E-state index is 4.61. The van der Waals surface area contributed by atoms with Crippen LogP contribution in [0.15, 0.2) is 24.5 Å². The molecule has 142 valence electrons. The van der Waals surface area contributed by atoms with Gasteiger partial charge in [0.25, 0.3) is 0 Å². The third-order valence-corrected chi connectivity index (χ3v) is 6.16. The van der Waals surface area contributed by atoms with Gasteiger partial charge in [-0.05, 0) is 64.8 Å². The maximum Gasteiger partial charge on any atom is 0.167 e. The van der Waals surface area contributed by atoms with E-state index in [9.17, 15) is 0 Å². The lowest BCUT2D eigenvalue weighted by atomic mass is 10.0. The number of piperidine rings is 2. The minimum Gasteiger partial charge on any atom is -0.293 e. The van der Waals surface area contributed by atoms with Crippen molar-refractivity contribution in [3.05, 3.63) is 36.2 Å². The van der Waals surface area contributed by atoms with Crippen molar-refractivity contribution in [3.8, 4) is 0 Å². The van der Waals surface area contributed by atoms with Crippen LogP contribution >= 0.6 is 0 Å². The summed E-state index contributed by atoms with van der Waals surface area (Å²) in [6, 6.07) is 5.40. The van der Waals surface area contributed by atoms with Gasteiger partial charge in [-0.1, -0.05) is 12.8 Å². The van der Waals surface area contributed by atoms with E-state index < -0.39 is 0 Å². The van der Waals surface area contributed by atoms with Gasteiger partial charge in [-0.15, -0.1) is 10.2 Å². The molecule has 6 heteroatoms. The molecule has 2 saturated heterocycles. The van der Waals surface area contributed by atoms with Crippen LogP contribution in [0.3, 0.4) is 0 Å². The molecule has 2 aromatic heterocycles. The summed E-state index contributed by atoms with van der Waals surface area (Å²) in [4.78, 5) is 5.11. The third kappa shape index (κ3) is 3.71. The molecule has 2 atom stereocenters. The van der Waals surface area contributed by atoms with Crippen LogP contribution in [0, 0.1) is 0 Å². The maximum atomic E-state index is 4.61. The summed E-state index contributed by atoms with van der Waals surface area (Å²) >= 11 is 0. The highest BCUT2D eigenvalue weighted by atomic mass is 15.5. The van der Waals surface area contributed by atoms with Crippen LogP contribution in [0.5, 0.6) is 0 Å². The molecule has 6 nitrogen and oxygen atoms in total. The summed E-state index contributed by atoms with van der Waals surface area (Å²) < 4.78 is 4.36. The molecule has 4 rings (SSSR count). The first-order chi connectivity index (χ1) is 12.7. The molecule has 0 aliphatic carbocycles. The van der Waals surface area contributed by atoms with Gasteiger partial charge >= 0.3 is 0 Å². The SMILES string of the molecule is C[C@H]1CCCCN1Cc1nnc(CN2CCCC[C@@H]2C)n1-n1cccc1. The average molecular weight is 357 g/mol. The molecular formula is C20H32N6. The fraction of sp³-hybridized carbons (Fsp3) is 0.700. The predicted molar refractivity (Wildman–Crippen MR) is 103 cm³/mol. The van der Waals surface area contributed by atoms with Crippen molar-refractivity contribution >= 4 is 0 Å². The van der Waals surface area contributed by atoms with Gasteiger partial charge < -0.3 is 0 Å². The largest absolute Gasteiger partial charge is 0.293 e. The van der Waals surface area contributed by atoms with Gasteiger partial charge in [0, 0.05) is 24.5 Å². The standard InChI is InChI=1S/C20H32N6/c1-17-9-3-5-11-23(17)15-19-21-22-20(26(19)25-13-7-8-14-25)16-24-12-6-4-10-18(24)2/h7-8,13-14,17-18H,3-6,9-12,15-16H2,1-2H3/t17-,18-/m0/s1. The van der Waals surface area contributed by atoms with Gasteiger partial charge in [0.2, 0.25) is 0 Å². The number of hydrogen-bond donors (Lipinski definition) is 0. The third-order valence-electron chi connectivity index (χ3n) is 6.16. The lowest BCUT2D eigenvalue weighted by molar-refractivity contribution is 0.141. The quantitative estimate of drug-likeness (QED) is 0.825. The number of rotatable bonds is 5. The van der Waals surface area contributed by atoms with Crippen LogP contribution in [0.1, 0.15) is 64.0 Å². The average Bonchev–Trinajstić information content (AvgIpc) is 3.29. The molecule has 0 spiro atoms. The first kappa shape index (κ1) is 17.7. The van der Waals surface area contributed by atoms with Crippen LogP contribution in [0.4, 0.5) is 0 Å². The Labute approximate surface area is 156 Å². The van der Waals surface area contributed by atoms with E-state index in [0.717, 1.165) is 37.8 Å². The first-order valence-corrected chi connectivity index (χ1v) is 10.3. The van der Waals surface area contributed by atoms with Gasteiger partial charge in [-0.3, -0.25) is 14.5 Å². The van der Waals surface area contributed by atoms with E-state index in [0.29, 0.717) is 12.1 Å². The lowest BCUT2D eigenvalue weighted by Gasteiger charge is -2.33. The van der Waals surface area contributed by atoms with Gasteiger partial charge in [0.15, 0.2) is 11.6 Å². The van der Waals surface area contributed by atoms with Gasteiger partial charge in [0.1, 0.15) is 0 Å². The van der Waals surface area contributed by atoms with Crippen LogP contribution < -0.4 is 0 Å². The lowest BCUT2D eigenvalue weighted by Crippen LogP contribution is -2.39. The number of likely N-dealkylation sites (tertiary alicyclic amines) is 2. The van der Waals surface area contributed by atoms with E-state index >= 15 is 0 Å². The number of hydrogen-bond acceptors (Lipinski definition) is 4. The van der Waals surface area contributed by atoms with Crippen molar-refractivity contribution in [3.63, 3.8) is 0 Å². The van der Waals surface area contributed by atoms with E-state index in [1.165, 1.54) is 38.5 Å². The topological polar surface area (TPSA) is 42.1 Å². The molecule has 0 bridgehead atoms. The zero-order valence-electron chi connectivity index (χ0n) is 16.2. The molecule has 0 amide bonds. The predicted octanol–water partition coefficient (Wildman–Crippen LogP) is 3.14. The zero-order chi connectivity index (χ0) is 17.9. The fourth-order valence-corrected chi connectivity index (χ4v) is 4.42. The Hall–Kier alpha value is -1.66. The van der Waals surface area contributed by atoms with E-state index in [2.05, 4.69) is 67.7 Å². The Morgan fingerprint density at radius 3 is 1.77 bits per heavy atom. The zero-order valence-corrected chi connectivity index (χ0v) is 16.2. The summed E-state index contributed by atoms with van der Waals surface area (Å²) in [5.74, 6) is 2.10. The second-order valence-electron chi connectivity index (χ2n) is 8.04. The Kier molecular flexibility index (Phi) is 5.41. The van der Waals surface area contributed by atoms with E-state index in [1.807, 2.05) is 0 Å². The molecule has 4 heterocycles. The highest BCUT2D eigenvalue weighted by Gasteiger charge is 2.25. The van der Waals surface area contributed by atoms with Crippen LogP contribution in [0.2, 0.25) is 0 Å². The molecule has 0 saturated carbocycles. The van der Waals surface area contributed by atoms with Gasteiger partial charge in [-0.2, -0.15) is 0 Å². The first-order valence-electron chi connectivity index (χ1n) is 10.3. The molecule has 2 aliphatic rings. The Morgan fingerprint density at radius 2 is 1.31 bits per heavy atom. The highest BCUT2D eigenvalue weighted by molar-refractivity contribution is 5.02. The summed E-state index contributed by atoms with van der Waals surface area (Å²) in [5, 5.41) is 9.23. The molecule has 0 radical (unpaired) electrons. The van der Waals surface area contributed by atoms with Crippen molar-refractivity contribution < 1.29 is 0 Å². The second kappa shape index (κ2) is 7.92. The molecule has 2 fully saturated rings. The summed E-state index contributed by atoms with van der Waals surface area (Å²) in [7, 11) is 0. The molecule has 26 heavy (non-hydrogen) atoms. The Balaban J connectivity index is 1.59. The second-order valence-corrected chi connectivity index (χ2v) is 8.04. The van der Waals surface area contributed by atoms with Crippen molar-refractivity contribution in [2.45, 2.75) is 77.5 Å². The van der Waals surface area contributed by atoms with Crippen LogP contribution in [0.25, 0.3) is 0 Å². The smallest absolute Gasteiger partial charge is 0.167 e. The van der Waals surface area contributed by atoms with Crippen molar-refractivity contribution in [1.82, 2.24) is 29.3 Å². The van der Waals surface area contributed by atoms with Crippen molar-refractivity contribution in [1.29, 1.82) is 0 Å². The summed E-state index contributed by atoms with van der Waals surface area (Å²) in [6.07, 6.45) is 12.0.